The summed E-state index contributed by atoms with van der Waals surface area (Å²) in [6.07, 6.45) is 15.2. The lowest BCUT2D eigenvalue weighted by Gasteiger charge is -2.37. The molecule has 1 fully saturated rings. The predicted octanol–water partition coefficient (Wildman–Crippen LogP) is 3.89. The lowest BCUT2D eigenvalue weighted by molar-refractivity contribution is 0.353. The molecule has 2 aliphatic rings. The summed E-state index contributed by atoms with van der Waals surface area (Å²) in [5.41, 5.74) is 9.18. The SMILES string of the molecule is CSC1(Cn2ccc3c2CCCC3N)CCCCC1. The van der Waals surface area contributed by atoms with Crippen molar-refractivity contribution >= 4 is 11.8 Å². The lowest BCUT2D eigenvalue weighted by atomic mass is 9.87. The maximum atomic E-state index is 6.24. The second-order valence-electron chi connectivity index (χ2n) is 6.29. The molecule has 0 spiro atoms. The Bertz CT molecular complexity index is 432. The normalized spacial score (nSPS) is 26.1. The van der Waals surface area contributed by atoms with Crippen molar-refractivity contribution in [2.24, 2.45) is 5.73 Å². The van der Waals surface area contributed by atoms with Crippen molar-refractivity contribution in [2.75, 3.05) is 6.26 Å². The summed E-state index contributed by atoms with van der Waals surface area (Å²) < 4.78 is 3.00. The van der Waals surface area contributed by atoms with Gasteiger partial charge in [-0.1, -0.05) is 19.3 Å². The minimum Gasteiger partial charge on any atom is -0.350 e. The second-order valence-corrected chi connectivity index (χ2v) is 7.57. The molecule has 0 saturated heterocycles. The van der Waals surface area contributed by atoms with Crippen molar-refractivity contribution < 1.29 is 0 Å². The van der Waals surface area contributed by atoms with Crippen molar-refractivity contribution in [3.05, 3.63) is 23.5 Å². The summed E-state index contributed by atoms with van der Waals surface area (Å²) in [4.78, 5) is 0. The van der Waals surface area contributed by atoms with Crippen LogP contribution in [0.4, 0.5) is 0 Å². The topological polar surface area (TPSA) is 30.9 Å². The Labute approximate surface area is 121 Å². The number of nitrogens with zero attached hydrogens (tertiary/aromatic N) is 1. The number of thioether (sulfide) groups is 1. The highest BCUT2D eigenvalue weighted by Gasteiger charge is 2.32. The van der Waals surface area contributed by atoms with Crippen LogP contribution in [0.15, 0.2) is 12.3 Å². The Kier molecular flexibility index (Phi) is 3.95. The van der Waals surface area contributed by atoms with Crippen LogP contribution >= 0.6 is 11.8 Å². The van der Waals surface area contributed by atoms with Gasteiger partial charge in [0.25, 0.3) is 0 Å². The maximum absolute atomic E-state index is 6.24. The number of rotatable bonds is 3. The molecule has 0 aliphatic heterocycles. The molecule has 3 rings (SSSR count). The van der Waals surface area contributed by atoms with Crippen molar-refractivity contribution in [1.82, 2.24) is 4.57 Å². The summed E-state index contributed by atoms with van der Waals surface area (Å²) in [6, 6.07) is 2.55. The fourth-order valence-corrected chi connectivity index (χ4v) is 4.84. The van der Waals surface area contributed by atoms with Gasteiger partial charge < -0.3 is 10.3 Å². The van der Waals surface area contributed by atoms with Crippen molar-refractivity contribution in [3.63, 3.8) is 0 Å². The van der Waals surface area contributed by atoms with Gasteiger partial charge in [-0.15, -0.1) is 0 Å². The fraction of sp³-hybridized carbons (Fsp3) is 0.750. The minimum atomic E-state index is 0.279. The first-order valence-electron chi connectivity index (χ1n) is 7.73. The van der Waals surface area contributed by atoms with Gasteiger partial charge in [-0.05, 0) is 50.0 Å². The zero-order chi connectivity index (χ0) is 13.3. The van der Waals surface area contributed by atoms with E-state index >= 15 is 0 Å². The summed E-state index contributed by atoms with van der Waals surface area (Å²) in [7, 11) is 0. The minimum absolute atomic E-state index is 0.279. The molecule has 1 unspecified atom stereocenters. The molecule has 0 radical (unpaired) electrons. The van der Waals surface area contributed by atoms with Crippen molar-refractivity contribution in [1.29, 1.82) is 0 Å². The molecule has 3 heteroatoms. The summed E-state index contributed by atoms with van der Waals surface area (Å²) in [6.45, 7) is 1.19. The molecule has 106 valence electrons. The van der Waals surface area contributed by atoms with E-state index in [1.54, 1.807) is 0 Å². The van der Waals surface area contributed by atoms with Gasteiger partial charge in [0.1, 0.15) is 0 Å². The summed E-state index contributed by atoms with van der Waals surface area (Å²) >= 11 is 2.09. The van der Waals surface area contributed by atoms with E-state index in [1.807, 2.05) is 0 Å². The largest absolute Gasteiger partial charge is 0.350 e. The number of fused-ring (bicyclic) bond motifs is 1. The van der Waals surface area contributed by atoms with Gasteiger partial charge in [0.05, 0.1) is 0 Å². The molecule has 0 bridgehead atoms. The molecule has 2 aliphatic carbocycles. The molecular weight excluding hydrogens is 252 g/mol. The highest BCUT2D eigenvalue weighted by Crippen LogP contribution is 2.41. The van der Waals surface area contributed by atoms with Gasteiger partial charge in [-0.3, -0.25) is 0 Å². The number of aromatic nitrogens is 1. The van der Waals surface area contributed by atoms with Crippen LogP contribution in [0.5, 0.6) is 0 Å². The zero-order valence-corrected chi connectivity index (χ0v) is 12.8. The Morgan fingerprint density at radius 1 is 1.32 bits per heavy atom. The number of nitrogens with two attached hydrogens (primary N) is 1. The molecule has 0 aromatic carbocycles. The quantitative estimate of drug-likeness (QED) is 0.909. The van der Waals surface area contributed by atoms with Crippen LogP contribution in [-0.4, -0.2) is 15.6 Å². The smallest absolute Gasteiger partial charge is 0.0369 e. The summed E-state index contributed by atoms with van der Waals surface area (Å²) in [5, 5.41) is 0. The standard InChI is InChI=1S/C16H26N2S/c1-19-16(9-3-2-4-10-16)12-18-11-8-13-14(17)6-5-7-15(13)18/h8,11,14H,2-7,9-10,12,17H2,1H3. The van der Waals surface area contributed by atoms with Crippen molar-refractivity contribution in [3.8, 4) is 0 Å². The monoisotopic (exact) mass is 278 g/mol. The molecule has 1 saturated carbocycles. The average molecular weight is 278 g/mol. The third-order valence-electron chi connectivity index (χ3n) is 5.10. The fourth-order valence-electron chi connectivity index (χ4n) is 3.87. The molecule has 1 aromatic rings. The van der Waals surface area contributed by atoms with Gasteiger partial charge in [0.2, 0.25) is 0 Å². The number of hydrogen-bond donors (Lipinski definition) is 1. The van der Waals surface area contributed by atoms with Crippen LogP contribution in [0.2, 0.25) is 0 Å². The van der Waals surface area contributed by atoms with Crippen LogP contribution in [0.25, 0.3) is 0 Å². The Morgan fingerprint density at radius 2 is 2.11 bits per heavy atom. The lowest BCUT2D eigenvalue weighted by Crippen LogP contribution is -2.33. The third kappa shape index (κ3) is 2.59. The maximum Gasteiger partial charge on any atom is 0.0369 e. The molecule has 1 aromatic heterocycles. The average Bonchev–Trinajstić information content (AvgIpc) is 2.84. The first-order valence-corrected chi connectivity index (χ1v) is 8.95. The molecule has 1 atom stereocenters. The van der Waals surface area contributed by atoms with Gasteiger partial charge in [-0.2, -0.15) is 11.8 Å². The molecule has 2 nitrogen and oxygen atoms in total. The van der Waals surface area contributed by atoms with Crippen LogP contribution in [0, 0.1) is 0 Å². The summed E-state index contributed by atoms with van der Waals surface area (Å²) in [5.74, 6) is 0. The highest BCUT2D eigenvalue weighted by molar-refractivity contribution is 8.00. The van der Waals surface area contributed by atoms with E-state index in [0.717, 1.165) is 6.42 Å². The Hall–Kier alpha value is -0.410. The zero-order valence-electron chi connectivity index (χ0n) is 12.0. The Morgan fingerprint density at radius 3 is 2.84 bits per heavy atom. The van der Waals surface area contributed by atoms with E-state index in [2.05, 4.69) is 34.8 Å². The van der Waals surface area contributed by atoms with E-state index in [0.29, 0.717) is 4.75 Å². The van der Waals surface area contributed by atoms with Gasteiger partial charge in [-0.25, -0.2) is 0 Å². The van der Waals surface area contributed by atoms with E-state index in [-0.39, 0.29) is 6.04 Å². The van der Waals surface area contributed by atoms with Gasteiger partial charge in [0, 0.05) is 29.2 Å². The molecular formula is C16H26N2S. The van der Waals surface area contributed by atoms with Gasteiger partial charge >= 0.3 is 0 Å². The molecule has 1 heterocycles. The van der Waals surface area contributed by atoms with Crippen LogP contribution in [0.3, 0.4) is 0 Å². The third-order valence-corrected chi connectivity index (χ3v) is 6.50. The second kappa shape index (κ2) is 5.53. The molecule has 2 N–H and O–H groups in total. The van der Waals surface area contributed by atoms with Crippen LogP contribution in [-0.2, 0) is 13.0 Å². The van der Waals surface area contributed by atoms with Crippen LogP contribution in [0.1, 0.15) is 62.2 Å². The molecule has 0 amide bonds. The van der Waals surface area contributed by atoms with Crippen LogP contribution < -0.4 is 5.73 Å². The highest BCUT2D eigenvalue weighted by atomic mass is 32.2. The number of hydrogen-bond acceptors (Lipinski definition) is 2. The van der Waals surface area contributed by atoms with Crippen molar-refractivity contribution in [2.45, 2.75) is 68.7 Å². The predicted molar refractivity (Wildman–Crippen MR) is 83.6 cm³/mol. The first-order chi connectivity index (χ1) is 9.24. The first kappa shape index (κ1) is 13.6. The van der Waals surface area contributed by atoms with E-state index in [1.165, 1.54) is 62.7 Å². The Balaban J connectivity index is 1.83. The van der Waals surface area contributed by atoms with E-state index < -0.39 is 0 Å². The van der Waals surface area contributed by atoms with E-state index in [4.69, 9.17) is 5.73 Å². The van der Waals surface area contributed by atoms with Gasteiger partial charge in [0.15, 0.2) is 0 Å². The molecule has 19 heavy (non-hydrogen) atoms. The van der Waals surface area contributed by atoms with E-state index in [9.17, 15) is 0 Å².